The molecule has 0 N–H and O–H groups in total. The van der Waals surface area contributed by atoms with E-state index in [2.05, 4.69) is 0 Å². The Hall–Kier alpha value is -0.250. The van der Waals surface area contributed by atoms with E-state index < -0.39 is 16.9 Å². The molecule has 0 radical (unpaired) electrons. The molecule has 9 heavy (non-hydrogen) atoms. The van der Waals surface area contributed by atoms with Gasteiger partial charge in [-0.25, -0.2) is 0 Å². The average molecular weight is 154 g/mol. The zero-order valence-corrected chi connectivity index (χ0v) is 5.88. The van der Waals surface area contributed by atoms with Gasteiger partial charge in [-0.15, -0.1) is 0 Å². The first-order valence-corrected chi connectivity index (χ1v) is 4.01. The molecule has 1 atom stereocenters. The molecule has 54 valence electrons. The number of halogens is 2. The molecule has 0 saturated heterocycles. The van der Waals surface area contributed by atoms with Crippen molar-refractivity contribution in [2.45, 2.75) is 6.92 Å². The van der Waals surface area contributed by atoms with E-state index in [1.807, 2.05) is 0 Å². The Labute approximate surface area is 55.2 Å². The Balaban J connectivity index is 3.50. The molecule has 0 aliphatic rings. The molecule has 1 unspecified atom stereocenters. The van der Waals surface area contributed by atoms with Gasteiger partial charge in [-0.3, -0.25) is 4.21 Å². The molecule has 0 aliphatic carbocycles. The van der Waals surface area contributed by atoms with Gasteiger partial charge in [0.25, 0.3) is 6.08 Å². The number of hydrogen-bond donors (Lipinski definition) is 0. The van der Waals surface area contributed by atoms with Crippen molar-refractivity contribution in [3.05, 3.63) is 12.2 Å². The van der Waals surface area contributed by atoms with Gasteiger partial charge in [-0.2, -0.15) is 8.78 Å². The summed E-state index contributed by atoms with van der Waals surface area (Å²) in [4.78, 5) is 0. The maximum Gasteiger partial charge on any atom is 0.267 e. The quantitative estimate of drug-likeness (QED) is 0.602. The summed E-state index contributed by atoms with van der Waals surface area (Å²) in [6, 6.07) is 0. The summed E-state index contributed by atoms with van der Waals surface area (Å²) in [7, 11) is -1.10. The van der Waals surface area contributed by atoms with Gasteiger partial charge in [0, 0.05) is 22.3 Å². The van der Waals surface area contributed by atoms with E-state index in [1.165, 1.54) is 0 Å². The zero-order valence-electron chi connectivity index (χ0n) is 5.06. The third kappa shape index (κ3) is 5.62. The Bertz CT molecular complexity index is 129. The second kappa shape index (κ2) is 4.61. The fourth-order valence-corrected chi connectivity index (χ4v) is 0.821. The van der Waals surface area contributed by atoms with Crippen LogP contribution in [0.2, 0.25) is 0 Å². The molecule has 0 aliphatic heterocycles. The van der Waals surface area contributed by atoms with Crippen LogP contribution < -0.4 is 0 Å². The van der Waals surface area contributed by atoms with Crippen molar-refractivity contribution in [2.75, 3.05) is 11.5 Å². The van der Waals surface area contributed by atoms with E-state index in [9.17, 15) is 13.0 Å². The molecule has 0 fully saturated rings. The van der Waals surface area contributed by atoms with E-state index in [0.717, 1.165) is 0 Å². The first-order chi connectivity index (χ1) is 4.16. The van der Waals surface area contributed by atoms with E-state index in [0.29, 0.717) is 11.8 Å². The highest BCUT2D eigenvalue weighted by molar-refractivity contribution is 7.85. The van der Waals surface area contributed by atoms with Crippen LogP contribution in [-0.4, -0.2) is 15.7 Å². The van der Waals surface area contributed by atoms with Gasteiger partial charge in [0.15, 0.2) is 0 Å². The molecule has 0 heterocycles. The lowest BCUT2D eigenvalue weighted by Crippen LogP contribution is -1.95. The van der Waals surface area contributed by atoms with E-state index in [1.54, 1.807) is 6.92 Å². The normalized spacial score (nSPS) is 12.8. The minimum absolute atomic E-state index is 0.0289. The van der Waals surface area contributed by atoms with Gasteiger partial charge >= 0.3 is 0 Å². The standard InChI is InChI=1S/C5H8F2OS/c1-2-9(8)4-3-5(6)7/h3H,2,4H2,1H3. The zero-order chi connectivity index (χ0) is 7.28. The monoisotopic (exact) mass is 154 g/mol. The highest BCUT2D eigenvalue weighted by Gasteiger charge is 1.93. The van der Waals surface area contributed by atoms with Gasteiger partial charge < -0.3 is 0 Å². The van der Waals surface area contributed by atoms with E-state index in [4.69, 9.17) is 0 Å². The van der Waals surface area contributed by atoms with Gasteiger partial charge in [-0.05, 0) is 6.08 Å². The summed E-state index contributed by atoms with van der Waals surface area (Å²) < 4.78 is 33.0. The van der Waals surface area contributed by atoms with Crippen molar-refractivity contribution in [2.24, 2.45) is 0 Å². The lowest BCUT2D eigenvalue weighted by Gasteiger charge is -1.87. The Morgan fingerprint density at radius 2 is 2.22 bits per heavy atom. The summed E-state index contributed by atoms with van der Waals surface area (Å²) in [5.74, 6) is 0.405. The van der Waals surface area contributed by atoms with Crippen LogP contribution in [0.5, 0.6) is 0 Å². The number of hydrogen-bond acceptors (Lipinski definition) is 1. The van der Waals surface area contributed by atoms with Crippen LogP contribution in [-0.2, 0) is 10.8 Å². The van der Waals surface area contributed by atoms with Crippen LogP contribution >= 0.6 is 0 Å². The summed E-state index contributed by atoms with van der Waals surface area (Å²) in [6.45, 7) is 1.69. The maximum atomic E-state index is 11.3. The predicted octanol–water partition coefficient (Wildman–Crippen LogP) is 1.54. The average Bonchev–Trinajstić information content (AvgIpc) is 1.83. The first kappa shape index (κ1) is 8.75. The van der Waals surface area contributed by atoms with E-state index >= 15 is 0 Å². The maximum absolute atomic E-state index is 11.3. The van der Waals surface area contributed by atoms with Crippen LogP contribution in [0.1, 0.15) is 6.92 Å². The van der Waals surface area contributed by atoms with Crippen molar-refractivity contribution in [1.82, 2.24) is 0 Å². The summed E-state index contributed by atoms with van der Waals surface area (Å²) in [5.41, 5.74) is 0. The molecule has 1 nitrogen and oxygen atoms in total. The van der Waals surface area contributed by atoms with Gasteiger partial charge in [0.1, 0.15) is 0 Å². The summed E-state index contributed by atoms with van der Waals surface area (Å²) in [5, 5.41) is 0. The molecule has 0 saturated carbocycles. The minimum atomic E-state index is -1.75. The highest BCUT2D eigenvalue weighted by atomic mass is 32.2. The van der Waals surface area contributed by atoms with Crippen LogP contribution in [0.25, 0.3) is 0 Å². The SMILES string of the molecule is CCS(=O)CC=C(F)F. The molecular weight excluding hydrogens is 146 g/mol. The Morgan fingerprint density at radius 3 is 2.56 bits per heavy atom. The second-order valence-corrected chi connectivity index (χ2v) is 3.18. The van der Waals surface area contributed by atoms with Gasteiger partial charge in [0.05, 0.1) is 0 Å². The molecule has 0 rings (SSSR count). The molecular formula is C5H8F2OS. The Morgan fingerprint density at radius 1 is 1.67 bits per heavy atom. The topological polar surface area (TPSA) is 17.1 Å². The smallest absolute Gasteiger partial charge is 0.259 e. The van der Waals surface area contributed by atoms with E-state index in [-0.39, 0.29) is 5.75 Å². The largest absolute Gasteiger partial charge is 0.267 e. The Kier molecular flexibility index (Phi) is 4.48. The summed E-state index contributed by atoms with van der Waals surface area (Å²) in [6.07, 6.45) is -1.07. The lowest BCUT2D eigenvalue weighted by atomic mass is 10.7. The van der Waals surface area contributed by atoms with Crippen LogP contribution in [0.3, 0.4) is 0 Å². The predicted molar refractivity (Wildman–Crippen MR) is 33.8 cm³/mol. The van der Waals surface area contributed by atoms with Crippen LogP contribution in [0.4, 0.5) is 8.78 Å². The minimum Gasteiger partial charge on any atom is -0.259 e. The molecule has 0 aromatic carbocycles. The van der Waals surface area contributed by atoms with Crippen molar-refractivity contribution >= 4 is 10.8 Å². The molecule has 0 aromatic heterocycles. The summed E-state index contributed by atoms with van der Waals surface area (Å²) >= 11 is 0. The molecule has 0 bridgehead atoms. The third-order valence-electron chi connectivity index (χ3n) is 0.746. The van der Waals surface area contributed by atoms with Crippen molar-refractivity contribution < 1.29 is 13.0 Å². The highest BCUT2D eigenvalue weighted by Crippen LogP contribution is 1.96. The van der Waals surface area contributed by atoms with Crippen LogP contribution in [0, 0.1) is 0 Å². The molecule has 4 heteroatoms. The first-order valence-electron chi connectivity index (χ1n) is 2.53. The molecule has 0 spiro atoms. The van der Waals surface area contributed by atoms with Crippen molar-refractivity contribution in [3.63, 3.8) is 0 Å². The van der Waals surface area contributed by atoms with Gasteiger partial charge in [0.2, 0.25) is 0 Å². The number of rotatable bonds is 3. The lowest BCUT2D eigenvalue weighted by molar-refractivity contribution is 0.420. The fraction of sp³-hybridized carbons (Fsp3) is 0.600. The fourth-order valence-electron chi connectivity index (χ4n) is 0.274. The van der Waals surface area contributed by atoms with Crippen molar-refractivity contribution in [1.29, 1.82) is 0 Å². The third-order valence-corrected chi connectivity index (χ3v) is 1.93. The second-order valence-electron chi connectivity index (χ2n) is 1.39. The molecule has 0 aromatic rings. The van der Waals surface area contributed by atoms with Crippen molar-refractivity contribution in [3.8, 4) is 0 Å². The van der Waals surface area contributed by atoms with Gasteiger partial charge in [-0.1, -0.05) is 6.92 Å². The molecule has 0 amide bonds. The van der Waals surface area contributed by atoms with Crippen LogP contribution in [0.15, 0.2) is 12.2 Å².